The summed E-state index contributed by atoms with van der Waals surface area (Å²) >= 11 is 1.48. The van der Waals surface area contributed by atoms with E-state index in [1.807, 2.05) is 182 Å². The largest absolute Gasteiger partial charge is 0.460 e. The van der Waals surface area contributed by atoms with Gasteiger partial charge in [-0.2, -0.15) is 0 Å². The molecule has 306 valence electrons. The average molecular weight is 820 g/mol. The third kappa shape index (κ3) is 11.3. The van der Waals surface area contributed by atoms with E-state index in [2.05, 4.69) is 16.0 Å². The van der Waals surface area contributed by atoms with E-state index in [0.717, 1.165) is 33.4 Å². The minimum absolute atomic E-state index is 0.0482. The maximum Gasteiger partial charge on any atom is 0.408 e. The Hall–Kier alpha value is -6.65. The number of amides is 3. The third-order valence-corrected chi connectivity index (χ3v) is 11.6. The summed E-state index contributed by atoms with van der Waals surface area (Å²) in [6, 6.07) is 55.7. The molecule has 60 heavy (non-hydrogen) atoms. The Morgan fingerprint density at radius 1 is 0.567 bits per heavy atom. The molecule has 0 aliphatic heterocycles. The Labute approximate surface area is 355 Å². The molecule has 0 fully saturated rings. The highest BCUT2D eigenvalue weighted by Gasteiger charge is 2.39. The Bertz CT molecular complexity index is 2130. The van der Waals surface area contributed by atoms with Crippen LogP contribution in [0.1, 0.15) is 53.3 Å². The highest BCUT2D eigenvalue weighted by Crippen LogP contribution is 2.48. The molecule has 3 N–H and O–H groups in total. The monoisotopic (exact) mass is 819 g/mol. The zero-order chi connectivity index (χ0) is 42.2. The Morgan fingerprint density at radius 3 is 1.45 bits per heavy atom. The Morgan fingerprint density at radius 2 is 1.00 bits per heavy atom. The molecule has 6 rings (SSSR count). The summed E-state index contributed by atoms with van der Waals surface area (Å²) in [5.41, 5.74) is 5.25. The van der Waals surface area contributed by atoms with E-state index in [-0.39, 0.29) is 12.4 Å². The van der Waals surface area contributed by atoms with Gasteiger partial charge in [-0.05, 0) is 39.3 Å². The van der Waals surface area contributed by atoms with Crippen LogP contribution in [0.25, 0.3) is 0 Å². The number of thioether (sulfide) groups is 1. The second kappa shape index (κ2) is 21.4. The number of nitrogens with one attached hydrogen (secondary N) is 3. The van der Waals surface area contributed by atoms with E-state index >= 15 is 0 Å². The number of carbonyl (C=O) groups excluding carboxylic acids is 4. The molecule has 0 aromatic heterocycles. The van der Waals surface area contributed by atoms with Crippen LogP contribution in [-0.4, -0.2) is 48.3 Å². The van der Waals surface area contributed by atoms with Crippen molar-refractivity contribution in [2.45, 2.75) is 43.4 Å². The molecule has 0 saturated heterocycles. The van der Waals surface area contributed by atoms with Gasteiger partial charge in [0.25, 0.3) is 0 Å². The zero-order valence-electron chi connectivity index (χ0n) is 33.6. The lowest BCUT2D eigenvalue weighted by Crippen LogP contribution is -2.56. The first-order chi connectivity index (χ1) is 29.2. The number of rotatable bonds is 18. The van der Waals surface area contributed by atoms with Crippen molar-refractivity contribution in [3.8, 4) is 0 Å². The summed E-state index contributed by atoms with van der Waals surface area (Å²) in [5.74, 6) is -2.13. The van der Waals surface area contributed by atoms with Crippen molar-refractivity contribution >= 4 is 35.6 Å². The molecule has 0 radical (unpaired) electrons. The van der Waals surface area contributed by atoms with Crippen molar-refractivity contribution in [2.75, 3.05) is 12.3 Å². The van der Waals surface area contributed by atoms with Crippen LogP contribution < -0.4 is 16.0 Å². The van der Waals surface area contributed by atoms with Crippen LogP contribution >= 0.6 is 11.8 Å². The quantitative estimate of drug-likeness (QED) is 0.0587. The van der Waals surface area contributed by atoms with Crippen LogP contribution in [0.2, 0.25) is 0 Å². The van der Waals surface area contributed by atoms with Gasteiger partial charge < -0.3 is 25.4 Å². The molecule has 0 aliphatic rings. The van der Waals surface area contributed by atoms with Crippen LogP contribution in [-0.2, 0) is 35.2 Å². The highest BCUT2D eigenvalue weighted by molar-refractivity contribution is 8.00. The molecule has 0 saturated carbocycles. The molecule has 0 bridgehead atoms. The number of hydrogen-bond donors (Lipinski definition) is 3. The summed E-state index contributed by atoms with van der Waals surface area (Å²) in [5, 5.41) is 8.41. The van der Waals surface area contributed by atoms with Gasteiger partial charge in [0.15, 0.2) is 6.10 Å². The van der Waals surface area contributed by atoms with Crippen LogP contribution in [0, 0.1) is 5.92 Å². The fourth-order valence-corrected chi connectivity index (χ4v) is 8.44. The van der Waals surface area contributed by atoms with Gasteiger partial charge in [0, 0.05) is 5.75 Å². The molecule has 0 heterocycles. The normalized spacial score (nSPS) is 12.2. The molecule has 9 nitrogen and oxygen atoms in total. The molecule has 2 atom stereocenters. The van der Waals surface area contributed by atoms with Crippen molar-refractivity contribution in [3.63, 3.8) is 0 Å². The maximum atomic E-state index is 14.3. The number of ether oxygens (including phenoxy) is 2. The summed E-state index contributed by atoms with van der Waals surface area (Å²) in [7, 11) is 0. The molecule has 0 aliphatic carbocycles. The van der Waals surface area contributed by atoms with Gasteiger partial charge in [-0.25, -0.2) is 4.79 Å². The molecular formula is C50H49N3O6S. The van der Waals surface area contributed by atoms with E-state index in [1.165, 1.54) is 11.8 Å². The predicted octanol–water partition coefficient (Wildman–Crippen LogP) is 8.60. The molecule has 3 amide bonds. The van der Waals surface area contributed by atoms with Gasteiger partial charge in [-0.3, -0.25) is 14.4 Å². The molecule has 0 spiro atoms. The van der Waals surface area contributed by atoms with Crippen LogP contribution in [0.4, 0.5) is 4.79 Å². The molecule has 10 heteroatoms. The fraction of sp³-hybridized carbons (Fsp3) is 0.200. The number of benzene rings is 6. The van der Waals surface area contributed by atoms with Gasteiger partial charge in [-0.1, -0.05) is 196 Å². The maximum absolute atomic E-state index is 14.3. The van der Waals surface area contributed by atoms with Gasteiger partial charge >= 0.3 is 12.1 Å². The number of hydrogen-bond acceptors (Lipinski definition) is 7. The van der Waals surface area contributed by atoms with Crippen LogP contribution in [0.5, 0.6) is 0 Å². The molecule has 6 aromatic carbocycles. The van der Waals surface area contributed by atoms with Gasteiger partial charge in [0.05, 0.1) is 4.75 Å². The summed E-state index contributed by atoms with van der Waals surface area (Å²) in [6.07, 6.45) is -1.53. The SMILES string of the molecule is CC(C)[C@@H](NC(=O)OC(c1ccccc1)c1ccccc1)C(=O)N[C@@H](CSC(c1ccccc1)(c1ccccc1)c1ccccc1)C(=O)NCC(=O)OCc1ccccc1. The van der Waals surface area contributed by atoms with Crippen molar-refractivity contribution < 1.29 is 28.7 Å². The number of esters is 1. The lowest BCUT2D eigenvalue weighted by molar-refractivity contribution is -0.145. The lowest BCUT2D eigenvalue weighted by Gasteiger charge is -2.36. The smallest absolute Gasteiger partial charge is 0.408 e. The summed E-state index contributed by atoms with van der Waals surface area (Å²) in [6.45, 7) is 3.23. The van der Waals surface area contributed by atoms with E-state index in [4.69, 9.17) is 9.47 Å². The van der Waals surface area contributed by atoms with Crippen LogP contribution in [0.3, 0.4) is 0 Å². The van der Waals surface area contributed by atoms with Gasteiger partial charge in [0.2, 0.25) is 11.8 Å². The van der Waals surface area contributed by atoms with Crippen molar-refractivity contribution in [3.05, 3.63) is 215 Å². The second-order valence-corrected chi connectivity index (χ2v) is 15.7. The first-order valence-corrected chi connectivity index (χ1v) is 20.9. The standard InChI is InChI=1S/C50H49N3O6S/c1-36(2)45(53-49(57)59-46(38-23-11-4-12-24-38)39-25-13-5-14-26-39)48(56)52-43(47(55)51-33-44(54)58-34-37-21-9-3-10-22-37)35-60-50(40-27-15-6-16-28-40,41-29-17-7-18-30-41)42-31-19-8-20-32-42/h3-32,36,43,45-46H,33-35H2,1-2H3,(H,51,55)(H,52,56)(H,53,57)/t43-,45+/m0/s1. The molecular weight excluding hydrogens is 771 g/mol. The third-order valence-electron chi connectivity index (χ3n) is 9.94. The zero-order valence-corrected chi connectivity index (χ0v) is 34.4. The molecule has 6 aromatic rings. The minimum Gasteiger partial charge on any atom is -0.460 e. The summed E-state index contributed by atoms with van der Waals surface area (Å²) < 4.78 is 10.6. The van der Waals surface area contributed by atoms with Crippen molar-refractivity contribution in [1.82, 2.24) is 16.0 Å². The summed E-state index contributed by atoms with van der Waals surface area (Å²) in [4.78, 5) is 55.0. The number of alkyl carbamates (subject to hydrolysis) is 1. The Balaban J connectivity index is 1.26. The fourth-order valence-electron chi connectivity index (χ4n) is 6.88. The van der Waals surface area contributed by atoms with Crippen LogP contribution in [0.15, 0.2) is 182 Å². The predicted molar refractivity (Wildman–Crippen MR) is 236 cm³/mol. The first kappa shape index (κ1) is 42.9. The van der Waals surface area contributed by atoms with E-state index < -0.39 is 59.3 Å². The lowest BCUT2D eigenvalue weighted by atomic mass is 9.84. The van der Waals surface area contributed by atoms with E-state index in [9.17, 15) is 19.2 Å². The van der Waals surface area contributed by atoms with E-state index in [1.54, 1.807) is 13.8 Å². The van der Waals surface area contributed by atoms with E-state index in [0.29, 0.717) is 0 Å². The first-order valence-electron chi connectivity index (χ1n) is 19.9. The number of carbonyl (C=O) groups is 4. The second-order valence-electron chi connectivity index (χ2n) is 14.5. The van der Waals surface area contributed by atoms with Crippen molar-refractivity contribution in [2.24, 2.45) is 5.92 Å². The van der Waals surface area contributed by atoms with Crippen molar-refractivity contribution in [1.29, 1.82) is 0 Å². The molecule has 0 unspecified atom stereocenters. The Kier molecular flexibility index (Phi) is 15.3. The van der Waals surface area contributed by atoms with Gasteiger partial charge in [0.1, 0.15) is 25.2 Å². The highest BCUT2D eigenvalue weighted by atomic mass is 32.2. The topological polar surface area (TPSA) is 123 Å². The minimum atomic E-state index is -1.15. The van der Waals surface area contributed by atoms with Gasteiger partial charge in [-0.15, -0.1) is 11.8 Å². The average Bonchev–Trinajstić information content (AvgIpc) is 3.30.